The fourth-order valence-electron chi connectivity index (χ4n) is 3.20. The molecule has 0 saturated heterocycles. The van der Waals surface area contributed by atoms with Crippen molar-refractivity contribution in [1.29, 1.82) is 0 Å². The van der Waals surface area contributed by atoms with Crippen molar-refractivity contribution in [1.82, 2.24) is 5.32 Å². The predicted molar refractivity (Wildman–Crippen MR) is 70.9 cm³/mol. The Morgan fingerprint density at radius 2 is 2.00 bits per heavy atom. The van der Waals surface area contributed by atoms with Crippen LogP contribution in [0.3, 0.4) is 0 Å². The number of nitrogens with two attached hydrogens (primary N) is 1. The van der Waals surface area contributed by atoms with Gasteiger partial charge in [0.25, 0.3) is 0 Å². The Hall–Kier alpha value is -0.610. The lowest BCUT2D eigenvalue weighted by Crippen LogP contribution is -2.43. The van der Waals surface area contributed by atoms with Gasteiger partial charge in [0.05, 0.1) is 6.10 Å². The lowest BCUT2D eigenvalue weighted by molar-refractivity contribution is -0.125. The van der Waals surface area contributed by atoms with Gasteiger partial charge in [-0.25, -0.2) is 0 Å². The standard InChI is InChI=1S/C14H26N2O2/c15-10-14(6-3-7-14)8-13(18)16-9-11-4-1-2-5-12(11)17/h11-12,17H,1-10,15H2,(H,16,18). The number of aliphatic hydroxyl groups is 1. The maximum Gasteiger partial charge on any atom is 0.220 e. The van der Waals surface area contributed by atoms with Gasteiger partial charge in [0.1, 0.15) is 0 Å². The molecule has 2 aliphatic carbocycles. The Balaban J connectivity index is 1.71. The molecular weight excluding hydrogens is 228 g/mol. The van der Waals surface area contributed by atoms with E-state index in [4.69, 9.17) is 5.73 Å². The number of carbonyl (C=O) groups is 1. The summed E-state index contributed by atoms with van der Waals surface area (Å²) in [6.07, 6.45) is 7.90. The van der Waals surface area contributed by atoms with Gasteiger partial charge in [0.2, 0.25) is 5.91 Å². The third kappa shape index (κ3) is 3.23. The first-order chi connectivity index (χ1) is 8.65. The molecular formula is C14H26N2O2. The van der Waals surface area contributed by atoms with Gasteiger partial charge in [0, 0.05) is 18.9 Å². The molecule has 4 heteroatoms. The lowest BCUT2D eigenvalue weighted by atomic mass is 9.66. The van der Waals surface area contributed by atoms with E-state index in [9.17, 15) is 9.90 Å². The minimum atomic E-state index is -0.230. The minimum Gasteiger partial charge on any atom is -0.393 e. The summed E-state index contributed by atoms with van der Waals surface area (Å²) >= 11 is 0. The molecule has 1 amide bonds. The fourth-order valence-corrected chi connectivity index (χ4v) is 3.20. The van der Waals surface area contributed by atoms with Gasteiger partial charge in [-0.3, -0.25) is 4.79 Å². The second-order valence-electron chi connectivity index (χ2n) is 6.15. The molecule has 4 nitrogen and oxygen atoms in total. The first-order valence-electron chi connectivity index (χ1n) is 7.30. The summed E-state index contributed by atoms with van der Waals surface area (Å²) in [6.45, 7) is 1.24. The van der Waals surface area contributed by atoms with Crippen LogP contribution in [0.2, 0.25) is 0 Å². The third-order valence-electron chi connectivity index (χ3n) is 4.81. The summed E-state index contributed by atoms with van der Waals surface area (Å²) in [6, 6.07) is 0. The van der Waals surface area contributed by atoms with E-state index in [2.05, 4.69) is 5.32 Å². The second kappa shape index (κ2) is 6.02. The van der Waals surface area contributed by atoms with Crippen LogP contribution in [0.1, 0.15) is 51.4 Å². The zero-order valence-corrected chi connectivity index (χ0v) is 11.2. The number of amides is 1. The van der Waals surface area contributed by atoms with Crippen LogP contribution in [0.4, 0.5) is 0 Å². The first kappa shape index (κ1) is 13.8. The highest BCUT2D eigenvalue weighted by Crippen LogP contribution is 2.42. The highest BCUT2D eigenvalue weighted by Gasteiger charge is 2.37. The van der Waals surface area contributed by atoms with Crippen LogP contribution in [0, 0.1) is 11.3 Å². The average Bonchev–Trinajstić information content (AvgIpc) is 2.33. The van der Waals surface area contributed by atoms with E-state index in [0.717, 1.165) is 32.1 Å². The molecule has 0 radical (unpaired) electrons. The Labute approximate surface area is 109 Å². The smallest absolute Gasteiger partial charge is 0.220 e. The van der Waals surface area contributed by atoms with Crippen LogP contribution < -0.4 is 11.1 Å². The zero-order valence-electron chi connectivity index (χ0n) is 11.2. The molecule has 2 fully saturated rings. The molecule has 2 aliphatic rings. The predicted octanol–water partition coefficient (Wildman–Crippen LogP) is 1.17. The van der Waals surface area contributed by atoms with Gasteiger partial charge in [-0.15, -0.1) is 0 Å². The molecule has 0 aromatic rings. The molecule has 2 atom stereocenters. The average molecular weight is 254 g/mol. The van der Waals surface area contributed by atoms with Gasteiger partial charge in [-0.2, -0.15) is 0 Å². The van der Waals surface area contributed by atoms with E-state index < -0.39 is 0 Å². The summed E-state index contributed by atoms with van der Waals surface area (Å²) in [5.41, 5.74) is 5.84. The molecule has 0 spiro atoms. The fraction of sp³-hybridized carbons (Fsp3) is 0.929. The van der Waals surface area contributed by atoms with Crippen molar-refractivity contribution in [2.24, 2.45) is 17.1 Å². The van der Waals surface area contributed by atoms with E-state index in [1.165, 1.54) is 12.8 Å². The molecule has 4 N–H and O–H groups in total. The van der Waals surface area contributed by atoms with Crippen molar-refractivity contribution in [2.45, 2.75) is 57.5 Å². The van der Waals surface area contributed by atoms with Gasteiger partial charge in [-0.1, -0.05) is 19.3 Å². The Bertz CT molecular complexity index is 284. The quantitative estimate of drug-likeness (QED) is 0.689. The van der Waals surface area contributed by atoms with E-state index in [1.807, 2.05) is 0 Å². The molecule has 0 heterocycles. The summed E-state index contributed by atoms with van der Waals surface area (Å²) in [5, 5.41) is 12.8. The van der Waals surface area contributed by atoms with E-state index in [1.54, 1.807) is 0 Å². The van der Waals surface area contributed by atoms with Gasteiger partial charge >= 0.3 is 0 Å². The number of carbonyl (C=O) groups excluding carboxylic acids is 1. The van der Waals surface area contributed by atoms with Crippen molar-refractivity contribution >= 4 is 5.91 Å². The number of hydrogen-bond donors (Lipinski definition) is 3. The highest BCUT2D eigenvalue weighted by molar-refractivity contribution is 5.76. The monoisotopic (exact) mass is 254 g/mol. The Kier molecular flexibility index (Phi) is 4.62. The number of hydrogen-bond acceptors (Lipinski definition) is 3. The van der Waals surface area contributed by atoms with E-state index in [0.29, 0.717) is 19.5 Å². The molecule has 2 unspecified atom stereocenters. The Morgan fingerprint density at radius 3 is 2.56 bits per heavy atom. The van der Waals surface area contributed by atoms with Crippen LogP contribution in [0.25, 0.3) is 0 Å². The van der Waals surface area contributed by atoms with Crippen molar-refractivity contribution in [2.75, 3.05) is 13.1 Å². The summed E-state index contributed by atoms with van der Waals surface area (Å²) in [4.78, 5) is 11.9. The van der Waals surface area contributed by atoms with Gasteiger partial charge < -0.3 is 16.2 Å². The lowest BCUT2D eigenvalue weighted by Gasteiger charge is -2.40. The zero-order chi connectivity index (χ0) is 13.0. The van der Waals surface area contributed by atoms with Crippen molar-refractivity contribution in [3.8, 4) is 0 Å². The molecule has 0 aromatic heterocycles. The van der Waals surface area contributed by atoms with Crippen LogP contribution >= 0.6 is 0 Å². The van der Waals surface area contributed by atoms with Crippen molar-refractivity contribution in [3.63, 3.8) is 0 Å². The largest absolute Gasteiger partial charge is 0.393 e. The van der Waals surface area contributed by atoms with Crippen LogP contribution in [-0.2, 0) is 4.79 Å². The third-order valence-corrected chi connectivity index (χ3v) is 4.81. The second-order valence-corrected chi connectivity index (χ2v) is 6.15. The number of aliphatic hydroxyl groups excluding tert-OH is 1. The molecule has 2 saturated carbocycles. The molecule has 0 bridgehead atoms. The highest BCUT2D eigenvalue weighted by atomic mass is 16.3. The maximum atomic E-state index is 11.9. The summed E-state index contributed by atoms with van der Waals surface area (Å²) in [7, 11) is 0. The number of nitrogens with one attached hydrogen (secondary N) is 1. The SMILES string of the molecule is NCC1(CC(=O)NCC2CCCCC2O)CCC1. The van der Waals surface area contributed by atoms with Crippen LogP contribution in [0.15, 0.2) is 0 Å². The van der Waals surface area contributed by atoms with Gasteiger partial charge in [0.15, 0.2) is 0 Å². The molecule has 0 aliphatic heterocycles. The first-order valence-corrected chi connectivity index (χ1v) is 7.30. The summed E-state index contributed by atoms with van der Waals surface area (Å²) < 4.78 is 0. The van der Waals surface area contributed by atoms with Crippen LogP contribution in [0.5, 0.6) is 0 Å². The van der Waals surface area contributed by atoms with E-state index >= 15 is 0 Å². The summed E-state index contributed by atoms with van der Waals surface area (Å²) in [5.74, 6) is 0.357. The molecule has 2 rings (SSSR count). The topological polar surface area (TPSA) is 75.4 Å². The van der Waals surface area contributed by atoms with Gasteiger partial charge in [-0.05, 0) is 37.6 Å². The normalized spacial score (nSPS) is 30.6. The van der Waals surface area contributed by atoms with E-state index in [-0.39, 0.29) is 23.3 Å². The molecule has 18 heavy (non-hydrogen) atoms. The van der Waals surface area contributed by atoms with Crippen molar-refractivity contribution in [3.05, 3.63) is 0 Å². The van der Waals surface area contributed by atoms with Crippen molar-refractivity contribution < 1.29 is 9.90 Å². The molecule has 104 valence electrons. The molecule has 0 aromatic carbocycles. The minimum absolute atomic E-state index is 0.0786. The van der Waals surface area contributed by atoms with Crippen LogP contribution in [-0.4, -0.2) is 30.2 Å². The Morgan fingerprint density at radius 1 is 1.28 bits per heavy atom. The number of rotatable bonds is 5. The maximum absolute atomic E-state index is 11.9.